The van der Waals surface area contributed by atoms with E-state index in [-0.39, 0.29) is 18.2 Å². The van der Waals surface area contributed by atoms with Crippen molar-refractivity contribution in [1.29, 1.82) is 0 Å². The van der Waals surface area contributed by atoms with Crippen LogP contribution in [0.5, 0.6) is 0 Å². The van der Waals surface area contributed by atoms with Gasteiger partial charge in [-0.3, -0.25) is 0 Å². The fourth-order valence-corrected chi connectivity index (χ4v) is 2.77. The van der Waals surface area contributed by atoms with E-state index in [1.807, 2.05) is 0 Å². The molecule has 1 rings (SSSR count). The molecule has 0 amide bonds. The van der Waals surface area contributed by atoms with Crippen molar-refractivity contribution in [2.24, 2.45) is 5.92 Å². The Morgan fingerprint density at radius 2 is 1.95 bits per heavy atom. The van der Waals surface area contributed by atoms with Crippen molar-refractivity contribution in [3.05, 3.63) is 0 Å². The summed E-state index contributed by atoms with van der Waals surface area (Å²) >= 11 is 0. The zero-order valence-electron chi connectivity index (χ0n) is 12.9. The Kier molecular flexibility index (Phi) is 7.29. The molecule has 1 fully saturated rings. The Bertz CT molecular complexity index is 242. The van der Waals surface area contributed by atoms with Gasteiger partial charge in [-0.2, -0.15) is 0 Å². The molecule has 0 aromatic carbocycles. The maximum absolute atomic E-state index is 9.57. The van der Waals surface area contributed by atoms with Crippen molar-refractivity contribution in [3.8, 4) is 0 Å². The second-order valence-electron chi connectivity index (χ2n) is 6.42. The third-order valence-corrected chi connectivity index (χ3v) is 3.68. The standard InChI is InChI=1S/C15H31NO3/c1-12(2)16-15(4,11-17)9-13(3)19-10-14-5-7-18-8-6-14/h12-14,16-17H,5-11H2,1-4H3. The van der Waals surface area contributed by atoms with Gasteiger partial charge < -0.3 is 19.9 Å². The second kappa shape index (κ2) is 8.20. The van der Waals surface area contributed by atoms with Crippen molar-refractivity contribution in [2.45, 2.75) is 64.6 Å². The molecule has 0 aliphatic carbocycles. The minimum Gasteiger partial charge on any atom is -0.394 e. The first-order chi connectivity index (χ1) is 8.95. The third-order valence-electron chi connectivity index (χ3n) is 3.68. The molecule has 1 heterocycles. The average Bonchev–Trinajstić information content (AvgIpc) is 2.36. The van der Waals surface area contributed by atoms with E-state index in [0.29, 0.717) is 12.0 Å². The minimum atomic E-state index is -0.261. The Balaban J connectivity index is 2.29. The number of nitrogens with one attached hydrogen (secondary N) is 1. The molecule has 0 saturated carbocycles. The van der Waals surface area contributed by atoms with Gasteiger partial charge in [-0.15, -0.1) is 0 Å². The van der Waals surface area contributed by atoms with Gasteiger partial charge in [0, 0.05) is 31.4 Å². The van der Waals surface area contributed by atoms with Gasteiger partial charge in [0.2, 0.25) is 0 Å². The summed E-state index contributed by atoms with van der Waals surface area (Å²) in [6.07, 6.45) is 3.19. The maximum Gasteiger partial charge on any atom is 0.0611 e. The topological polar surface area (TPSA) is 50.7 Å². The van der Waals surface area contributed by atoms with Gasteiger partial charge in [0.25, 0.3) is 0 Å². The van der Waals surface area contributed by atoms with Gasteiger partial charge in [0.05, 0.1) is 12.7 Å². The van der Waals surface area contributed by atoms with E-state index in [4.69, 9.17) is 9.47 Å². The summed E-state index contributed by atoms with van der Waals surface area (Å²) in [6, 6.07) is 0.361. The highest BCUT2D eigenvalue weighted by molar-refractivity contribution is 4.86. The van der Waals surface area contributed by atoms with Crippen molar-refractivity contribution in [3.63, 3.8) is 0 Å². The fraction of sp³-hybridized carbons (Fsp3) is 1.00. The molecule has 1 aliphatic heterocycles. The molecule has 114 valence electrons. The molecule has 2 unspecified atom stereocenters. The SMILES string of the molecule is CC(C)NC(C)(CO)CC(C)OCC1CCOCC1. The Morgan fingerprint density at radius 1 is 1.32 bits per heavy atom. The van der Waals surface area contributed by atoms with Crippen LogP contribution in [0.4, 0.5) is 0 Å². The number of rotatable bonds is 8. The van der Waals surface area contributed by atoms with Crippen LogP contribution in [-0.4, -0.2) is 49.2 Å². The molecule has 19 heavy (non-hydrogen) atoms. The third kappa shape index (κ3) is 6.70. The van der Waals surface area contributed by atoms with Crippen LogP contribution in [0, 0.1) is 5.92 Å². The van der Waals surface area contributed by atoms with Crippen LogP contribution in [-0.2, 0) is 9.47 Å². The molecule has 2 atom stereocenters. The van der Waals surface area contributed by atoms with Crippen molar-refractivity contribution < 1.29 is 14.6 Å². The molecule has 0 radical (unpaired) electrons. The zero-order chi connectivity index (χ0) is 14.3. The second-order valence-corrected chi connectivity index (χ2v) is 6.42. The Hall–Kier alpha value is -0.160. The summed E-state index contributed by atoms with van der Waals surface area (Å²) in [5.41, 5.74) is -0.261. The van der Waals surface area contributed by atoms with Gasteiger partial charge in [0.15, 0.2) is 0 Å². The van der Waals surface area contributed by atoms with E-state index in [2.05, 4.69) is 33.0 Å². The van der Waals surface area contributed by atoms with Crippen LogP contribution in [0.15, 0.2) is 0 Å². The quantitative estimate of drug-likeness (QED) is 0.710. The molecule has 0 spiro atoms. The largest absolute Gasteiger partial charge is 0.394 e. The first-order valence-corrected chi connectivity index (χ1v) is 7.53. The highest BCUT2D eigenvalue weighted by Gasteiger charge is 2.27. The molecule has 4 heteroatoms. The van der Waals surface area contributed by atoms with E-state index in [9.17, 15) is 5.11 Å². The van der Waals surface area contributed by atoms with Crippen LogP contribution in [0.2, 0.25) is 0 Å². The maximum atomic E-state index is 9.57. The number of hydrogen-bond donors (Lipinski definition) is 2. The van der Waals surface area contributed by atoms with E-state index >= 15 is 0 Å². The number of ether oxygens (including phenoxy) is 2. The number of hydrogen-bond acceptors (Lipinski definition) is 4. The number of aliphatic hydroxyl groups is 1. The van der Waals surface area contributed by atoms with Gasteiger partial charge in [-0.25, -0.2) is 0 Å². The summed E-state index contributed by atoms with van der Waals surface area (Å²) in [7, 11) is 0. The van der Waals surface area contributed by atoms with Gasteiger partial charge in [-0.05, 0) is 39.0 Å². The normalized spacial score (nSPS) is 22.4. The minimum absolute atomic E-state index is 0.135. The molecule has 0 aromatic heterocycles. The average molecular weight is 273 g/mol. The van der Waals surface area contributed by atoms with Gasteiger partial charge >= 0.3 is 0 Å². The smallest absolute Gasteiger partial charge is 0.0611 e. The summed E-state index contributed by atoms with van der Waals surface area (Å²) in [5, 5.41) is 13.0. The zero-order valence-corrected chi connectivity index (χ0v) is 12.9. The predicted molar refractivity (Wildman–Crippen MR) is 77.3 cm³/mol. The lowest BCUT2D eigenvalue weighted by Crippen LogP contribution is -2.51. The summed E-state index contributed by atoms with van der Waals surface area (Å²) in [5.74, 6) is 0.634. The summed E-state index contributed by atoms with van der Waals surface area (Å²) < 4.78 is 11.3. The lowest BCUT2D eigenvalue weighted by Gasteiger charge is -2.34. The summed E-state index contributed by atoms with van der Waals surface area (Å²) in [6.45, 7) is 11.0. The van der Waals surface area contributed by atoms with E-state index in [1.165, 1.54) is 0 Å². The fourth-order valence-electron chi connectivity index (χ4n) is 2.77. The molecule has 1 aliphatic rings. The lowest BCUT2D eigenvalue weighted by atomic mass is 9.94. The van der Waals surface area contributed by atoms with Crippen LogP contribution in [0.3, 0.4) is 0 Å². The molecular weight excluding hydrogens is 242 g/mol. The van der Waals surface area contributed by atoms with Gasteiger partial charge in [-0.1, -0.05) is 13.8 Å². The Labute approximate surface area is 117 Å². The van der Waals surface area contributed by atoms with E-state index < -0.39 is 0 Å². The molecule has 2 N–H and O–H groups in total. The first-order valence-electron chi connectivity index (χ1n) is 7.53. The molecule has 4 nitrogen and oxygen atoms in total. The monoisotopic (exact) mass is 273 g/mol. The van der Waals surface area contributed by atoms with Crippen molar-refractivity contribution >= 4 is 0 Å². The van der Waals surface area contributed by atoms with Crippen molar-refractivity contribution in [1.82, 2.24) is 5.32 Å². The molecule has 1 saturated heterocycles. The molecular formula is C15H31NO3. The number of aliphatic hydroxyl groups excluding tert-OH is 1. The predicted octanol–water partition coefficient (Wildman–Crippen LogP) is 1.96. The van der Waals surface area contributed by atoms with Crippen molar-refractivity contribution in [2.75, 3.05) is 26.4 Å². The van der Waals surface area contributed by atoms with Crippen LogP contribution >= 0.6 is 0 Å². The first kappa shape index (κ1) is 16.9. The van der Waals surface area contributed by atoms with Crippen LogP contribution < -0.4 is 5.32 Å². The van der Waals surface area contributed by atoms with Crippen LogP contribution in [0.25, 0.3) is 0 Å². The van der Waals surface area contributed by atoms with E-state index in [1.54, 1.807) is 0 Å². The van der Waals surface area contributed by atoms with Gasteiger partial charge in [0.1, 0.15) is 0 Å². The lowest BCUT2D eigenvalue weighted by molar-refractivity contribution is -0.0202. The highest BCUT2D eigenvalue weighted by atomic mass is 16.5. The summed E-state index contributed by atoms with van der Waals surface area (Å²) in [4.78, 5) is 0. The Morgan fingerprint density at radius 3 is 2.47 bits per heavy atom. The van der Waals surface area contributed by atoms with E-state index in [0.717, 1.165) is 39.1 Å². The van der Waals surface area contributed by atoms with Crippen LogP contribution in [0.1, 0.15) is 47.0 Å². The molecule has 0 aromatic rings. The molecule has 0 bridgehead atoms. The highest BCUT2D eigenvalue weighted by Crippen LogP contribution is 2.19.